The number of hydrogen-bond donors (Lipinski definition) is 0. The summed E-state index contributed by atoms with van der Waals surface area (Å²) < 4.78 is 4.91. The molecule has 0 saturated carbocycles. The van der Waals surface area contributed by atoms with E-state index in [1.54, 1.807) is 31.2 Å². The highest BCUT2D eigenvalue weighted by atomic mass is 16.5. The van der Waals surface area contributed by atoms with Gasteiger partial charge in [0.05, 0.1) is 17.7 Å². The summed E-state index contributed by atoms with van der Waals surface area (Å²) in [6, 6.07) is 6.51. The summed E-state index contributed by atoms with van der Waals surface area (Å²) in [5.41, 5.74) is 0.605. The Bertz CT molecular complexity index is 569. The first-order valence-electron chi connectivity index (χ1n) is 6.46. The van der Waals surface area contributed by atoms with Crippen molar-refractivity contribution in [2.24, 2.45) is 0 Å². The van der Waals surface area contributed by atoms with Crippen molar-refractivity contribution in [2.75, 3.05) is 6.61 Å². The van der Waals surface area contributed by atoms with Crippen LogP contribution in [0.4, 0.5) is 0 Å². The molecule has 5 nitrogen and oxygen atoms in total. The minimum absolute atomic E-state index is 0.0134. The number of allylic oxidation sites excluding steroid dienone is 1. The molecule has 0 aliphatic carbocycles. The first-order chi connectivity index (χ1) is 9.61. The molecule has 0 radical (unpaired) electrons. The van der Waals surface area contributed by atoms with Gasteiger partial charge in [-0.05, 0) is 25.5 Å². The van der Waals surface area contributed by atoms with Crippen molar-refractivity contribution in [3.63, 3.8) is 0 Å². The Morgan fingerprint density at radius 3 is 2.15 bits per heavy atom. The number of imide groups is 1. The van der Waals surface area contributed by atoms with Crippen LogP contribution in [0.2, 0.25) is 0 Å². The second kappa shape index (κ2) is 5.69. The molecule has 1 aromatic rings. The van der Waals surface area contributed by atoms with Crippen LogP contribution in [-0.4, -0.2) is 29.3 Å². The maximum Gasteiger partial charge on any atom is 0.355 e. The zero-order chi connectivity index (χ0) is 14.7. The van der Waals surface area contributed by atoms with Crippen molar-refractivity contribution in [3.8, 4) is 0 Å². The lowest BCUT2D eigenvalue weighted by atomic mass is 10.1. The van der Waals surface area contributed by atoms with E-state index in [1.807, 2.05) is 6.92 Å². The fourth-order valence-electron chi connectivity index (χ4n) is 2.07. The molecule has 104 valence electrons. The third-order valence-corrected chi connectivity index (χ3v) is 2.92. The second-order valence-electron chi connectivity index (χ2n) is 4.21. The van der Waals surface area contributed by atoms with Crippen LogP contribution in [0.3, 0.4) is 0 Å². The van der Waals surface area contributed by atoms with Crippen molar-refractivity contribution in [2.45, 2.75) is 20.3 Å². The Hall–Kier alpha value is -2.43. The minimum atomic E-state index is -0.663. The van der Waals surface area contributed by atoms with E-state index in [0.717, 1.165) is 4.90 Å². The van der Waals surface area contributed by atoms with Crippen molar-refractivity contribution >= 4 is 17.8 Å². The molecule has 0 bridgehead atoms. The number of amides is 2. The van der Waals surface area contributed by atoms with E-state index in [2.05, 4.69) is 0 Å². The zero-order valence-corrected chi connectivity index (χ0v) is 11.4. The van der Waals surface area contributed by atoms with Crippen LogP contribution in [0, 0.1) is 0 Å². The second-order valence-corrected chi connectivity index (χ2v) is 4.21. The van der Waals surface area contributed by atoms with E-state index >= 15 is 0 Å². The summed E-state index contributed by atoms with van der Waals surface area (Å²) in [5.74, 6) is -1.64. The number of rotatable bonds is 4. The van der Waals surface area contributed by atoms with Gasteiger partial charge in [0.15, 0.2) is 0 Å². The number of carbonyl (C=O) groups is 3. The molecule has 0 fully saturated rings. The molecule has 0 aromatic heterocycles. The monoisotopic (exact) mass is 273 g/mol. The molecule has 20 heavy (non-hydrogen) atoms. The molecule has 0 N–H and O–H groups in total. The molecule has 0 spiro atoms. The molecule has 1 aliphatic rings. The maximum absolute atomic E-state index is 12.3. The van der Waals surface area contributed by atoms with Gasteiger partial charge in [0.1, 0.15) is 5.70 Å². The van der Waals surface area contributed by atoms with Crippen LogP contribution >= 0.6 is 0 Å². The molecule has 2 rings (SSSR count). The van der Waals surface area contributed by atoms with E-state index in [9.17, 15) is 14.4 Å². The van der Waals surface area contributed by atoms with Crippen molar-refractivity contribution in [1.82, 2.24) is 4.90 Å². The van der Waals surface area contributed by atoms with Gasteiger partial charge in [-0.25, -0.2) is 9.69 Å². The Labute approximate surface area is 116 Å². The average molecular weight is 273 g/mol. The van der Waals surface area contributed by atoms with E-state index in [-0.39, 0.29) is 12.3 Å². The predicted molar refractivity (Wildman–Crippen MR) is 71.9 cm³/mol. The minimum Gasteiger partial charge on any atom is -0.461 e. The summed E-state index contributed by atoms with van der Waals surface area (Å²) in [5, 5.41) is 0. The largest absolute Gasteiger partial charge is 0.461 e. The third-order valence-electron chi connectivity index (χ3n) is 2.92. The van der Waals surface area contributed by atoms with E-state index in [1.165, 1.54) is 6.08 Å². The topological polar surface area (TPSA) is 63.7 Å². The van der Waals surface area contributed by atoms with Gasteiger partial charge in [-0.3, -0.25) is 9.59 Å². The average Bonchev–Trinajstić information content (AvgIpc) is 2.70. The molecular formula is C15H15NO4. The maximum atomic E-state index is 12.3. The molecule has 2 amide bonds. The van der Waals surface area contributed by atoms with Gasteiger partial charge in [-0.15, -0.1) is 0 Å². The summed E-state index contributed by atoms with van der Waals surface area (Å²) in [6.07, 6.45) is 2.04. The standard InChI is InChI=1S/C15H15NO4/c1-3-7-12(15(19)20-4-2)16-13(17)10-8-5-6-9-11(10)14(16)18/h5-9H,3-4H2,1-2H3/b12-7-. The van der Waals surface area contributed by atoms with Crippen molar-refractivity contribution in [3.05, 3.63) is 47.2 Å². The Kier molecular flexibility index (Phi) is 3.98. The number of hydrogen-bond acceptors (Lipinski definition) is 4. The van der Waals surface area contributed by atoms with Gasteiger partial charge in [0.25, 0.3) is 11.8 Å². The first kappa shape index (κ1) is 14.0. The summed E-state index contributed by atoms with van der Waals surface area (Å²) >= 11 is 0. The third kappa shape index (κ3) is 2.22. The van der Waals surface area contributed by atoms with Gasteiger partial charge < -0.3 is 4.74 Å². The number of nitrogens with zero attached hydrogens (tertiary/aromatic N) is 1. The molecule has 1 aliphatic heterocycles. The molecule has 1 aromatic carbocycles. The van der Waals surface area contributed by atoms with Gasteiger partial charge in [0, 0.05) is 0 Å². The zero-order valence-electron chi connectivity index (χ0n) is 11.4. The lowest BCUT2D eigenvalue weighted by Gasteiger charge is -2.16. The van der Waals surface area contributed by atoms with Crippen LogP contribution in [0.25, 0.3) is 0 Å². The van der Waals surface area contributed by atoms with Gasteiger partial charge >= 0.3 is 5.97 Å². The molecule has 1 heterocycles. The molecule has 0 unspecified atom stereocenters. The van der Waals surface area contributed by atoms with Crippen LogP contribution in [0.5, 0.6) is 0 Å². The number of esters is 1. The highest BCUT2D eigenvalue weighted by molar-refractivity contribution is 6.24. The molecular weight excluding hydrogens is 258 g/mol. The van der Waals surface area contributed by atoms with E-state index in [0.29, 0.717) is 17.5 Å². The van der Waals surface area contributed by atoms with Gasteiger partial charge in [-0.1, -0.05) is 25.1 Å². The predicted octanol–water partition coefficient (Wildman–Crippen LogP) is 2.14. The van der Waals surface area contributed by atoms with E-state index < -0.39 is 17.8 Å². The quantitative estimate of drug-likeness (QED) is 0.479. The molecule has 0 saturated heterocycles. The van der Waals surface area contributed by atoms with Crippen LogP contribution in [-0.2, 0) is 9.53 Å². The highest BCUT2D eigenvalue weighted by Gasteiger charge is 2.39. The lowest BCUT2D eigenvalue weighted by molar-refractivity contribution is -0.139. The number of carbonyl (C=O) groups excluding carboxylic acids is 3. The van der Waals surface area contributed by atoms with Crippen molar-refractivity contribution in [1.29, 1.82) is 0 Å². The first-order valence-corrected chi connectivity index (χ1v) is 6.46. The molecule has 5 heteroatoms. The van der Waals surface area contributed by atoms with Crippen LogP contribution < -0.4 is 0 Å². The summed E-state index contributed by atoms with van der Waals surface area (Å²) in [6.45, 7) is 3.67. The number of benzene rings is 1. The Morgan fingerprint density at radius 2 is 1.70 bits per heavy atom. The number of ether oxygens (including phenoxy) is 1. The van der Waals surface area contributed by atoms with Gasteiger partial charge in [-0.2, -0.15) is 0 Å². The van der Waals surface area contributed by atoms with Crippen LogP contribution in [0.15, 0.2) is 36.0 Å². The highest BCUT2D eigenvalue weighted by Crippen LogP contribution is 2.26. The Balaban J connectivity index is 2.43. The lowest BCUT2D eigenvalue weighted by Crippen LogP contribution is -2.33. The fraction of sp³-hybridized carbons (Fsp3) is 0.267. The van der Waals surface area contributed by atoms with Crippen molar-refractivity contribution < 1.29 is 19.1 Å². The summed E-state index contributed by atoms with van der Waals surface area (Å²) in [7, 11) is 0. The smallest absolute Gasteiger partial charge is 0.355 e. The molecule has 0 atom stereocenters. The SMILES string of the molecule is CC/C=C(/C(=O)OCC)N1C(=O)c2ccccc2C1=O. The Morgan fingerprint density at radius 1 is 1.15 bits per heavy atom. The number of fused-ring (bicyclic) bond motifs is 1. The van der Waals surface area contributed by atoms with E-state index in [4.69, 9.17) is 4.74 Å². The van der Waals surface area contributed by atoms with Gasteiger partial charge in [0.2, 0.25) is 0 Å². The fourth-order valence-corrected chi connectivity index (χ4v) is 2.07. The summed E-state index contributed by atoms with van der Waals surface area (Å²) in [4.78, 5) is 37.4. The normalized spacial score (nSPS) is 14.5. The van der Waals surface area contributed by atoms with Crippen LogP contribution in [0.1, 0.15) is 41.0 Å².